The van der Waals surface area contributed by atoms with Crippen molar-refractivity contribution >= 4 is 46.6 Å². The first-order valence-electron chi connectivity index (χ1n) is 12.1. The summed E-state index contributed by atoms with van der Waals surface area (Å²) in [5.41, 5.74) is 5.46. The van der Waals surface area contributed by atoms with Gasteiger partial charge in [0.15, 0.2) is 0 Å². The number of pyridine rings is 1. The van der Waals surface area contributed by atoms with E-state index in [0.717, 1.165) is 42.4 Å². The van der Waals surface area contributed by atoms with Crippen molar-refractivity contribution in [2.24, 2.45) is 0 Å². The summed E-state index contributed by atoms with van der Waals surface area (Å²) in [6.07, 6.45) is -1.21. The number of hydrogen-bond donors (Lipinski definition) is 2. The van der Waals surface area contributed by atoms with Crippen LogP contribution in [0.2, 0.25) is 0 Å². The molecule has 1 aliphatic heterocycles. The molecule has 0 aliphatic carbocycles. The summed E-state index contributed by atoms with van der Waals surface area (Å²) in [5.74, 6) is -2.46. The van der Waals surface area contributed by atoms with Crippen LogP contribution >= 0.6 is 12.4 Å². The minimum atomic E-state index is -4.71. The van der Waals surface area contributed by atoms with E-state index in [1.165, 1.54) is 29.8 Å². The molecular formula is C29H26ClF3N2O5. The van der Waals surface area contributed by atoms with Crippen molar-refractivity contribution in [1.29, 1.82) is 0 Å². The first-order valence-corrected chi connectivity index (χ1v) is 12.1. The molecule has 0 bridgehead atoms. The molecule has 2 heterocycles. The highest BCUT2D eigenvalue weighted by Crippen LogP contribution is 2.42. The third kappa shape index (κ3) is 6.63. The van der Waals surface area contributed by atoms with Gasteiger partial charge in [-0.25, -0.2) is 9.59 Å². The number of fused-ring (bicyclic) bond motifs is 3. The van der Waals surface area contributed by atoms with Gasteiger partial charge in [0.05, 0.1) is 22.3 Å². The molecule has 3 aromatic carbocycles. The maximum Gasteiger partial charge on any atom is 0.573 e. The van der Waals surface area contributed by atoms with Crippen molar-refractivity contribution < 1.29 is 37.7 Å². The summed E-state index contributed by atoms with van der Waals surface area (Å²) in [6.45, 7) is 4.49. The number of anilines is 2. The van der Waals surface area contributed by atoms with Gasteiger partial charge in [0, 0.05) is 23.8 Å². The van der Waals surface area contributed by atoms with Gasteiger partial charge in [-0.05, 0) is 72.9 Å². The average molecular weight is 575 g/mol. The minimum Gasteiger partial charge on any atom is -0.478 e. The first-order chi connectivity index (χ1) is 18.5. The molecule has 1 aliphatic rings. The van der Waals surface area contributed by atoms with Crippen LogP contribution in [0.25, 0.3) is 10.9 Å². The minimum absolute atomic E-state index is 0. The number of aromatic nitrogens is 1. The Balaban J connectivity index is 0.000000268. The van der Waals surface area contributed by atoms with E-state index in [1.807, 2.05) is 18.3 Å². The number of benzene rings is 3. The summed E-state index contributed by atoms with van der Waals surface area (Å²) in [5, 5.41) is 17.9. The fraction of sp³-hybridized carbons (Fsp3) is 0.207. The summed E-state index contributed by atoms with van der Waals surface area (Å²) in [6, 6.07) is 16.4. The van der Waals surface area contributed by atoms with Crippen LogP contribution < -0.4 is 9.64 Å². The molecule has 0 atom stereocenters. The zero-order valence-corrected chi connectivity index (χ0v) is 22.3. The largest absolute Gasteiger partial charge is 0.573 e. The molecule has 7 nitrogen and oxygen atoms in total. The monoisotopic (exact) mass is 574 g/mol. The number of rotatable bonds is 5. The highest BCUT2D eigenvalue weighted by molar-refractivity contribution is 5.98. The van der Waals surface area contributed by atoms with Gasteiger partial charge in [0.1, 0.15) is 5.75 Å². The molecule has 40 heavy (non-hydrogen) atoms. The van der Waals surface area contributed by atoms with Crippen LogP contribution in [-0.4, -0.2) is 40.0 Å². The molecule has 4 aromatic rings. The Morgan fingerprint density at radius 1 is 1.02 bits per heavy atom. The van der Waals surface area contributed by atoms with Crippen LogP contribution in [0.15, 0.2) is 66.9 Å². The van der Waals surface area contributed by atoms with Gasteiger partial charge in [0.2, 0.25) is 0 Å². The van der Waals surface area contributed by atoms with Gasteiger partial charge in [-0.2, -0.15) is 0 Å². The number of nitrogens with zero attached hydrogens (tertiary/aromatic N) is 2. The molecule has 0 fully saturated rings. The summed E-state index contributed by atoms with van der Waals surface area (Å²) < 4.78 is 41.9. The van der Waals surface area contributed by atoms with Gasteiger partial charge in [-0.3, -0.25) is 4.98 Å². The van der Waals surface area contributed by atoms with Crippen molar-refractivity contribution in [3.05, 3.63) is 94.7 Å². The molecule has 210 valence electrons. The van der Waals surface area contributed by atoms with Gasteiger partial charge >= 0.3 is 18.3 Å². The van der Waals surface area contributed by atoms with Crippen molar-refractivity contribution in [2.75, 3.05) is 11.4 Å². The first kappa shape index (κ1) is 30.2. The molecule has 0 saturated heterocycles. The lowest BCUT2D eigenvalue weighted by Crippen LogP contribution is -2.17. The van der Waals surface area contributed by atoms with E-state index >= 15 is 0 Å². The Hall–Kier alpha value is -4.31. The molecule has 0 spiro atoms. The number of halogens is 4. The molecule has 0 unspecified atom stereocenters. The van der Waals surface area contributed by atoms with Crippen LogP contribution in [-0.2, 0) is 12.8 Å². The van der Waals surface area contributed by atoms with E-state index < -0.39 is 18.3 Å². The number of carbonyl (C=O) groups is 2. The van der Waals surface area contributed by atoms with Crippen LogP contribution in [0.3, 0.4) is 0 Å². The lowest BCUT2D eigenvalue weighted by Gasteiger charge is -2.24. The number of carboxylic acid groups (broad SMARTS) is 2. The van der Waals surface area contributed by atoms with E-state index in [-0.39, 0.29) is 29.3 Å². The number of alkyl halides is 3. The number of hydrogen-bond acceptors (Lipinski definition) is 5. The predicted molar refractivity (Wildman–Crippen MR) is 147 cm³/mol. The SMILES string of the molecule is CCc1ccccc1N1CCc2cnc3ccc(OC(F)(F)F)cc3c21.Cc1ccc(C(=O)O)cc1C(=O)O.Cl. The molecular weight excluding hydrogens is 549 g/mol. The second-order valence-corrected chi connectivity index (χ2v) is 8.88. The van der Waals surface area contributed by atoms with Crippen LogP contribution in [0.5, 0.6) is 5.75 Å². The van der Waals surface area contributed by atoms with E-state index in [0.29, 0.717) is 16.5 Å². The summed E-state index contributed by atoms with van der Waals surface area (Å²) in [4.78, 5) is 27.7. The summed E-state index contributed by atoms with van der Waals surface area (Å²) in [7, 11) is 0. The third-order valence-electron chi connectivity index (χ3n) is 6.37. The van der Waals surface area contributed by atoms with Crippen LogP contribution in [0.4, 0.5) is 24.5 Å². The Kier molecular flexibility index (Phi) is 9.26. The fourth-order valence-corrected chi connectivity index (χ4v) is 4.54. The topological polar surface area (TPSA) is 100.0 Å². The molecule has 5 rings (SSSR count). The number of aryl methyl sites for hydroxylation is 2. The second kappa shape index (κ2) is 12.3. The van der Waals surface area contributed by atoms with Crippen molar-refractivity contribution in [2.45, 2.75) is 33.1 Å². The Morgan fingerprint density at radius 3 is 2.40 bits per heavy atom. The zero-order chi connectivity index (χ0) is 28.3. The van der Waals surface area contributed by atoms with Crippen LogP contribution in [0, 0.1) is 6.92 Å². The Bertz CT molecular complexity index is 1560. The predicted octanol–water partition coefficient (Wildman–Crippen LogP) is 7.20. The van der Waals surface area contributed by atoms with E-state index in [4.69, 9.17) is 10.2 Å². The lowest BCUT2D eigenvalue weighted by atomic mass is 10.1. The zero-order valence-electron chi connectivity index (χ0n) is 21.5. The fourth-order valence-electron chi connectivity index (χ4n) is 4.54. The van der Waals surface area contributed by atoms with Gasteiger partial charge < -0.3 is 19.8 Å². The van der Waals surface area contributed by atoms with Crippen molar-refractivity contribution in [3.8, 4) is 5.75 Å². The smallest absolute Gasteiger partial charge is 0.478 e. The van der Waals surface area contributed by atoms with Crippen molar-refractivity contribution in [1.82, 2.24) is 4.98 Å². The third-order valence-corrected chi connectivity index (χ3v) is 6.37. The highest BCUT2D eigenvalue weighted by atomic mass is 35.5. The second-order valence-electron chi connectivity index (χ2n) is 8.88. The maximum absolute atomic E-state index is 12.6. The van der Waals surface area contributed by atoms with Gasteiger partial charge in [0.25, 0.3) is 0 Å². The summed E-state index contributed by atoms with van der Waals surface area (Å²) >= 11 is 0. The number of para-hydroxylation sites is 1. The molecule has 11 heteroatoms. The highest BCUT2D eigenvalue weighted by Gasteiger charge is 2.32. The van der Waals surface area contributed by atoms with Gasteiger partial charge in [-0.1, -0.05) is 31.2 Å². The van der Waals surface area contributed by atoms with E-state index in [2.05, 4.69) is 33.7 Å². The normalized spacial score (nSPS) is 12.2. The van der Waals surface area contributed by atoms with E-state index in [9.17, 15) is 22.8 Å². The Morgan fingerprint density at radius 2 is 1.75 bits per heavy atom. The number of aromatic carboxylic acids is 2. The standard InChI is InChI=1S/C20H17F3N2O.C9H8O4.ClH/c1-2-13-5-3-4-6-18(13)25-10-9-14-12-24-17-8-7-15(26-20(21,22)23)11-16(17)19(14)25;1-5-2-3-6(8(10)11)4-7(5)9(12)13;/h3-8,11-12H,2,9-10H2,1H3;2-4H,1H3,(H,10,11)(H,12,13);1H. The molecule has 1 aromatic heterocycles. The number of carboxylic acids is 2. The molecule has 0 saturated carbocycles. The molecule has 0 amide bonds. The quantitative estimate of drug-likeness (QED) is 0.260. The van der Waals surface area contributed by atoms with Crippen LogP contribution in [0.1, 0.15) is 44.3 Å². The lowest BCUT2D eigenvalue weighted by molar-refractivity contribution is -0.274. The molecule has 2 N–H and O–H groups in total. The Labute approximate surface area is 234 Å². The molecule has 0 radical (unpaired) electrons. The number of ether oxygens (including phenoxy) is 1. The van der Waals surface area contributed by atoms with Crippen molar-refractivity contribution in [3.63, 3.8) is 0 Å². The maximum atomic E-state index is 12.6. The van der Waals surface area contributed by atoms with E-state index in [1.54, 1.807) is 13.0 Å². The average Bonchev–Trinajstić information content (AvgIpc) is 3.32. The van der Waals surface area contributed by atoms with Gasteiger partial charge in [-0.15, -0.1) is 25.6 Å².